The van der Waals surface area contributed by atoms with E-state index in [0.717, 1.165) is 0 Å². The van der Waals surface area contributed by atoms with Crippen molar-refractivity contribution in [1.82, 2.24) is 16.0 Å². The maximum atomic E-state index is 12.9. The Balaban J connectivity index is 5.32. The van der Waals surface area contributed by atoms with Gasteiger partial charge < -0.3 is 37.6 Å². The summed E-state index contributed by atoms with van der Waals surface area (Å²) in [5.74, 6) is -3.25. The maximum absolute atomic E-state index is 12.9. The average molecular weight is 446 g/mol. The summed E-state index contributed by atoms with van der Waals surface area (Å²) in [6.07, 6.45) is 1.80. The number of amides is 3. The molecule has 0 aromatic heterocycles. The number of hydrogen-bond donors (Lipinski definition) is 7. The van der Waals surface area contributed by atoms with Gasteiger partial charge in [-0.15, -0.1) is 0 Å². The summed E-state index contributed by atoms with van der Waals surface area (Å²) in [6, 6.07) is -4.23. The van der Waals surface area contributed by atoms with Crippen molar-refractivity contribution in [3.05, 3.63) is 0 Å². The summed E-state index contributed by atoms with van der Waals surface area (Å²) in [7, 11) is 0. The first-order valence-corrected chi connectivity index (χ1v) is 10.6. The van der Waals surface area contributed by atoms with Crippen LogP contribution in [0.25, 0.3) is 0 Å². The van der Waals surface area contributed by atoms with Crippen LogP contribution >= 0.6 is 0 Å². The predicted molar refractivity (Wildman–Crippen MR) is 116 cm³/mol. The van der Waals surface area contributed by atoms with Crippen LogP contribution < -0.4 is 27.4 Å². The van der Waals surface area contributed by atoms with E-state index in [2.05, 4.69) is 16.0 Å². The number of nitrogens with one attached hydrogen (secondary N) is 3. The van der Waals surface area contributed by atoms with Crippen molar-refractivity contribution in [2.75, 3.05) is 13.2 Å². The van der Waals surface area contributed by atoms with Crippen LogP contribution in [0.15, 0.2) is 0 Å². The molecular formula is C20H39N5O6. The molecule has 180 valence electrons. The van der Waals surface area contributed by atoms with E-state index >= 15 is 0 Å². The van der Waals surface area contributed by atoms with Crippen molar-refractivity contribution in [3.8, 4) is 0 Å². The van der Waals surface area contributed by atoms with E-state index < -0.39 is 54.5 Å². The van der Waals surface area contributed by atoms with E-state index in [1.807, 2.05) is 13.8 Å². The number of carbonyl (C=O) groups excluding carboxylic acids is 3. The molecule has 0 bridgehead atoms. The molecule has 0 radical (unpaired) electrons. The lowest BCUT2D eigenvalue weighted by Gasteiger charge is -2.27. The highest BCUT2D eigenvalue weighted by atomic mass is 16.4. The summed E-state index contributed by atoms with van der Waals surface area (Å²) in [4.78, 5) is 48.9. The molecule has 31 heavy (non-hydrogen) atoms. The third-order valence-electron chi connectivity index (χ3n) is 4.69. The second-order valence-corrected chi connectivity index (χ2v) is 8.39. The van der Waals surface area contributed by atoms with Gasteiger partial charge in [0.2, 0.25) is 17.7 Å². The van der Waals surface area contributed by atoms with Crippen LogP contribution in [0.4, 0.5) is 0 Å². The zero-order valence-electron chi connectivity index (χ0n) is 18.9. The number of carbonyl (C=O) groups is 4. The third-order valence-corrected chi connectivity index (χ3v) is 4.69. The second-order valence-electron chi connectivity index (χ2n) is 8.39. The van der Waals surface area contributed by atoms with E-state index in [4.69, 9.17) is 21.7 Å². The summed E-state index contributed by atoms with van der Waals surface area (Å²) in [5.41, 5.74) is 11.4. The number of nitrogens with two attached hydrogens (primary N) is 2. The van der Waals surface area contributed by atoms with Crippen molar-refractivity contribution in [2.45, 2.75) is 77.5 Å². The molecule has 4 unspecified atom stereocenters. The van der Waals surface area contributed by atoms with Gasteiger partial charge in [0.25, 0.3) is 0 Å². The number of aliphatic hydroxyl groups is 1. The van der Waals surface area contributed by atoms with E-state index in [1.165, 1.54) is 0 Å². The average Bonchev–Trinajstić information content (AvgIpc) is 2.67. The first-order chi connectivity index (χ1) is 14.4. The Kier molecular flexibility index (Phi) is 13.6. The minimum absolute atomic E-state index is 0.205. The van der Waals surface area contributed by atoms with Gasteiger partial charge in [-0.2, -0.15) is 0 Å². The molecule has 0 aliphatic heterocycles. The highest BCUT2D eigenvalue weighted by Crippen LogP contribution is 2.08. The zero-order valence-corrected chi connectivity index (χ0v) is 18.9. The predicted octanol–water partition coefficient (Wildman–Crippen LogP) is -1.32. The molecule has 3 amide bonds. The van der Waals surface area contributed by atoms with E-state index in [1.54, 1.807) is 13.8 Å². The second kappa shape index (κ2) is 14.7. The standard InChI is InChI=1S/C20H39N5O6/c1-11(2)9-13(22)17(27)25-16(12(3)4)19(29)23-14(7-5-6-8-21)18(28)24-15(10-26)20(30)31/h11-16,26H,5-10,21-22H2,1-4H3,(H,23,29)(H,24,28)(H,25,27)(H,30,31). The minimum atomic E-state index is -1.49. The molecule has 0 spiro atoms. The Morgan fingerprint density at radius 2 is 1.45 bits per heavy atom. The highest BCUT2D eigenvalue weighted by molar-refractivity contribution is 5.94. The fraction of sp³-hybridized carbons (Fsp3) is 0.800. The van der Waals surface area contributed by atoms with Crippen LogP contribution in [0, 0.1) is 11.8 Å². The van der Waals surface area contributed by atoms with Crippen molar-refractivity contribution in [3.63, 3.8) is 0 Å². The minimum Gasteiger partial charge on any atom is -0.480 e. The van der Waals surface area contributed by atoms with Crippen LogP contribution in [0.3, 0.4) is 0 Å². The van der Waals surface area contributed by atoms with Gasteiger partial charge in [0.15, 0.2) is 0 Å². The molecular weight excluding hydrogens is 406 g/mol. The largest absolute Gasteiger partial charge is 0.480 e. The van der Waals surface area contributed by atoms with Crippen molar-refractivity contribution < 1.29 is 29.4 Å². The topological polar surface area (TPSA) is 197 Å². The van der Waals surface area contributed by atoms with Gasteiger partial charge in [-0.25, -0.2) is 4.79 Å². The number of unbranched alkanes of at least 4 members (excludes halogenated alkanes) is 1. The van der Waals surface area contributed by atoms with Gasteiger partial charge in [-0.3, -0.25) is 14.4 Å². The fourth-order valence-electron chi connectivity index (χ4n) is 2.89. The molecule has 0 heterocycles. The molecule has 0 saturated heterocycles. The van der Waals surface area contributed by atoms with Crippen LogP contribution in [0.2, 0.25) is 0 Å². The SMILES string of the molecule is CC(C)CC(N)C(=O)NC(C(=O)NC(CCCCN)C(=O)NC(CO)C(=O)O)C(C)C. The van der Waals surface area contributed by atoms with Crippen LogP contribution in [0.5, 0.6) is 0 Å². The maximum Gasteiger partial charge on any atom is 0.328 e. The van der Waals surface area contributed by atoms with Crippen molar-refractivity contribution in [1.29, 1.82) is 0 Å². The molecule has 9 N–H and O–H groups in total. The van der Waals surface area contributed by atoms with Crippen molar-refractivity contribution in [2.24, 2.45) is 23.3 Å². The van der Waals surface area contributed by atoms with Gasteiger partial charge in [0, 0.05) is 0 Å². The van der Waals surface area contributed by atoms with E-state index in [0.29, 0.717) is 25.8 Å². The quantitative estimate of drug-likeness (QED) is 0.150. The van der Waals surface area contributed by atoms with Crippen LogP contribution in [-0.4, -0.2) is 71.2 Å². The first-order valence-electron chi connectivity index (χ1n) is 10.6. The lowest BCUT2D eigenvalue weighted by atomic mass is 9.99. The number of aliphatic hydroxyl groups excluding tert-OH is 1. The molecule has 0 aromatic rings. The van der Waals surface area contributed by atoms with E-state index in [-0.39, 0.29) is 18.3 Å². The molecule has 0 aliphatic carbocycles. The molecule has 0 rings (SSSR count). The number of carboxylic acids is 1. The van der Waals surface area contributed by atoms with Gasteiger partial charge in [-0.1, -0.05) is 27.7 Å². The summed E-state index contributed by atoms with van der Waals surface area (Å²) in [6.45, 7) is 6.96. The van der Waals surface area contributed by atoms with Gasteiger partial charge >= 0.3 is 5.97 Å². The van der Waals surface area contributed by atoms with Gasteiger partial charge in [0.1, 0.15) is 18.1 Å². The Morgan fingerprint density at radius 3 is 1.90 bits per heavy atom. The zero-order chi connectivity index (χ0) is 24.1. The van der Waals surface area contributed by atoms with Crippen LogP contribution in [0.1, 0.15) is 53.4 Å². The Bertz CT molecular complexity index is 599. The third kappa shape index (κ3) is 11.1. The number of aliphatic carboxylic acids is 1. The Labute approximate surface area is 183 Å². The van der Waals surface area contributed by atoms with Crippen LogP contribution in [-0.2, 0) is 19.2 Å². The number of hydrogen-bond acceptors (Lipinski definition) is 7. The van der Waals surface area contributed by atoms with E-state index in [9.17, 15) is 19.2 Å². The fourth-order valence-corrected chi connectivity index (χ4v) is 2.89. The molecule has 0 fully saturated rings. The molecule has 4 atom stereocenters. The summed E-state index contributed by atoms with van der Waals surface area (Å²) >= 11 is 0. The van der Waals surface area contributed by atoms with Gasteiger partial charge in [-0.05, 0) is 44.1 Å². The molecule has 0 aromatic carbocycles. The first kappa shape index (κ1) is 28.8. The van der Waals surface area contributed by atoms with Crippen molar-refractivity contribution >= 4 is 23.7 Å². The highest BCUT2D eigenvalue weighted by Gasteiger charge is 2.31. The number of rotatable bonds is 15. The summed E-state index contributed by atoms with van der Waals surface area (Å²) in [5, 5.41) is 25.6. The molecule has 0 aliphatic rings. The molecule has 11 nitrogen and oxygen atoms in total. The molecule has 0 saturated carbocycles. The number of carboxylic acid groups (broad SMARTS) is 1. The summed E-state index contributed by atoms with van der Waals surface area (Å²) < 4.78 is 0. The Morgan fingerprint density at radius 1 is 0.871 bits per heavy atom. The lowest BCUT2D eigenvalue weighted by Crippen LogP contribution is -2.58. The lowest BCUT2D eigenvalue weighted by molar-refractivity contribution is -0.143. The smallest absolute Gasteiger partial charge is 0.328 e. The molecule has 11 heteroatoms. The monoisotopic (exact) mass is 445 g/mol. The van der Waals surface area contributed by atoms with Gasteiger partial charge in [0.05, 0.1) is 12.6 Å². The normalized spacial score (nSPS) is 15.1. The Hall–Kier alpha value is -2.24.